The van der Waals surface area contributed by atoms with E-state index in [2.05, 4.69) is 6.58 Å². The van der Waals surface area contributed by atoms with Gasteiger partial charge in [-0.25, -0.2) is 19.2 Å². The molecule has 2 heterocycles. The number of fused-ring (bicyclic) bond motifs is 1. The van der Waals surface area contributed by atoms with Crippen LogP contribution in [0.5, 0.6) is 0 Å². The normalized spacial score (nSPS) is 22.2. The van der Waals surface area contributed by atoms with Gasteiger partial charge < -0.3 is 10.5 Å². The second kappa shape index (κ2) is 5.51. The molecule has 8 heteroatoms. The molecule has 1 saturated heterocycles. The summed E-state index contributed by atoms with van der Waals surface area (Å²) < 4.78 is 17.4. The third kappa shape index (κ3) is 2.23. The highest BCUT2D eigenvalue weighted by atomic mass is 19.1. The Hall–Kier alpha value is -2.06. The molecule has 0 aromatic heterocycles. The number of hydrazine groups is 1. The summed E-state index contributed by atoms with van der Waals surface area (Å²) in [5, 5.41) is 2.44. The van der Waals surface area contributed by atoms with Crippen LogP contribution in [-0.2, 0) is 19.1 Å². The number of esters is 1. The topological polar surface area (TPSA) is 92.9 Å². The molecule has 2 rings (SSSR count). The minimum absolute atomic E-state index is 0.0271. The molecule has 0 radical (unpaired) electrons. The molecule has 2 aliphatic heterocycles. The number of ketones is 1. The van der Waals surface area contributed by atoms with E-state index >= 15 is 0 Å². The van der Waals surface area contributed by atoms with Crippen molar-refractivity contribution in [2.45, 2.75) is 6.04 Å². The SMILES string of the molecule is C=CCOC(=O)C1=C(C(=O)CF)CN2CC(N)C(=O)N12. The van der Waals surface area contributed by atoms with Crippen LogP contribution < -0.4 is 5.73 Å². The number of rotatable bonds is 5. The van der Waals surface area contributed by atoms with Gasteiger partial charge in [0.25, 0.3) is 5.91 Å². The zero-order valence-electron chi connectivity index (χ0n) is 10.7. The zero-order valence-corrected chi connectivity index (χ0v) is 10.7. The van der Waals surface area contributed by atoms with Gasteiger partial charge in [-0.15, -0.1) is 0 Å². The van der Waals surface area contributed by atoms with E-state index in [0.717, 1.165) is 5.01 Å². The number of amides is 1. The Labute approximate surface area is 114 Å². The van der Waals surface area contributed by atoms with Crippen LogP contribution >= 0.6 is 0 Å². The molecule has 1 atom stereocenters. The Morgan fingerprint density at radius 3 is 2.85 bits per heavy atom. The van der Waals surface area contributed by atoms with Crippen molar-refractivity contribution in [1.82, 2.24) is 10.0 Å². The summed E-state index contributed by atoms with van der Waals surface area (Å²) in [6, 6.07) is -0.778. The molecule has 1 unspecified atom stereocenters. The summed E-state index contributed by atoms with van der Waals surface area (Å²) >= 11 is 0. The Balaban J connectivity index is 2.36. The lowest BCUT2D eigenvalue weighted by atomic mass is 10.1. The van der Waals surface area contributed by atoms with Gasteiger partial charge in [-0.3, -0.25) is 9.59 Å². The van der Waals surface area contributed by atoms with Gasteiger partial charge >= 0.3 is 5.97 Å². The Morgan fingerprint density at radius 1 is 1.55 bits per heavy atom. The van der Waals surface area contributed by atoms with Crippen molar-refractivity contribution in [2.24, 2.45) is 5.73 Å². The van der Waals surface area contributed by atoms with Gasteiger partial charge in [-0.1, -0.05) is 12.7 Å². The van der Waals surface area contributed by atoms with E-state index in [4.69, 9.17) is 10.5 Å². The second-order valence-electron chi connectivity index (χ2n) is 4.37. The average Bonchev–Trinajstić information content (AvgIpc) is 2.93. The van der Waals surface area contributed by atoms with Gasteiger partial charge in [0.2, 0.25) is 0 Å². The first kappa shape index (κ1) is 14.4. The number of nitrogens with zero attached hydrogens (tertiary/aromatic N) is 2. The first-order valence-corrected chi connectivity index (χ1v) is 5.96. The van der Waals surface area contributed by atoms with E-state index < -0.39 is 30.4 Å². The molecular formula is C12H14FN3O4. The molecule has 0 aromatic carbocycles. The lowest BCUT2D eigenvalue weighted by molar-refractivity contribution is -0.146. The van der Waals surface area contributed by atoms with Crippen molar-refractivity contribution in [3.63, 3.8) is 0 Å². The predicted octanol–water partition coefficient (Wildman–Crippen LogP) is -1.09. The molecule has 0 saturated carbocycles. The fourth-order valence-electron chi connectivity index (χ4n) is 2.17. The summed E-state index contributed by atoms with van der Waals surface area (Å²) in [4.78, 5) is 35.5. The number of carbonyl (C=O) groups is 3. The molecule has 1 amide bonds. The number of halogens is 1. The molecule has 0 aromatic rings. The summed E-state index contributed by atoms with van der Waals surface area (Å²) in [7, 11) is 0. The van der Waals surface area contributed by atoms with E-state index in [1.807, 2.05) is 0 Å². The van der Waals surface area contributed by atoms with E-state index in [1.165, 1.54) is 11.1 Å². The lowest BCUT2D eigenvalue weighted by Crippen LogP contribution is -2.38. The van der Waals surface area contributed by atoms with Crippen molar-refractivity contribution in [3.8, 4) is 0 Å². The Kier molecular flexibility index (Phi) is 3.96. The van der Waals surface area contributed by atoms with Crippen LogP contribution in [0.2, 0.25) is 0 Å². The Bertz CT molecular complexity index is 517. The van der Waals surface area contributed by atoms with Crippen LogP contribution in [0.4, 0.5) is 4.39 Å². The van der Waals surface area contributed by atoms with Gasteiger partial charge in [-0.2, -0.15) is 0 Å². The van der Waals surface area contributed by atoms with Crippen molar-refractivity contribution < 1.29 is 23.5 Å². The number of ether oxygens (including phenoxy) is 1. The third-order valence-corrected chi connectivity index (χ3v) is 3.04. The van der Waals surface area contributed by atoms with Crippen molar-refractivity contribution in [2.75, 3.05) is 26.4 Å². The highest BCUT2D eigenvalue weighted by Crippen LogP contribution is 2.30. The second-order valence-corrected chi connectivity index (χ2v) is 4.37. The van der Waals surface area contributed by atoms with Crippen LogP contribution in [0.1, 0.15) is 0 Å². The van der Waals surface area contributed by atoms with Crippen LogP contribution in [0.3, 0.4) is 0 Å². The average molecular weight is 283 g/mol. The lowest BCUT2D eigenvalue weighted by Gasteiger charge is -2.20. The molecule has 0 bridgehead atoms. The largest absolute Gasteiger partial charge is 0.457 e. The summed E-state index contributed by atoms with van der Waals surface area (Å²) in [6.45, 7) is 2.22. The quantitative estimate of drug-likeness (QED) is 0.509. The number of hydrogen-bond donors (Lipinski definition) is 1. The van der Waals surface area contributed by atoms with Crippen LogP contribution in [0, 0.1) is 0 Å². The highest BCUT2D eigenvalue weighted by molar-refractivity contribution is 6.08. The highest BCUT2D eigenvalue weighted by Gasteiger charge is 2.47. The van der Waals surface area contributed by atoms with Crippen molar-refractivity contribution in [1.29, 1.82) is 0 Å². The molecule has 0 spiro atoms. The van der Waals surface area contributed by atoms with E-state index in [9.17, 15) is 18.8 Å². The molecule has 2 aliphatic rings. The van der Waals surface area contributed by atoms with Crippen molar-refractivity contribution >= 4 is 17.7 Å². The number of carbonyl (C=O) groups excluding carboxylic acids is 3. The number of Topliss-reactive ketones (excluding diaryl/α,β-unsaturated/α-hetero) is 1. The van der Waals surface area contributed by atoms with Gasteiger partial charge in [0, 0.05) is 18.7 Å². The maximum Gasteiger partial charge on any atom is 0.357 e. The van der Waals surface area contributed by atoms with Gasteiger partial charge in [0.15, 0.2) is 18.2 Å². The molecule has 1 fully saturated rings. The van der Waals surface area contributed by atoms with Gasteiger partial charge in [0.05, 0.1) is 0 Å². The van der Waals surface area contributed by atoms with E-state index in [0.29, 0.717) is 0 Å². The number of alkyl halides is 1. The molecule has 7 nitrogen and oxygen atoms in total. The first-order valence-electron chi connectivity index (χ1n) is 5.96. The molecule has 108 valence electrons. The molecular weight excluding hydrogens is 269 g/mol. The number of hydrogen-bond acceptors (Lipinski definition) is 6. The van der Waals surface area contributed by atoms with Crippen LogP contribution in [0.25, 0.3) is 0 Å². The summed E-state index contributed by atoms with van der Waals surface area (Å²) in [5.41, 5.74) is 5.29. The van der Waals surface area contributed by atoms with E-state index in [1.54, 1.807) is 0 Å². The van der Waals surface area contributed by atoms with E-state index in [-0.39, 0.29) is 31.0 Å². The fraction of sp³-hybridized carbons (Fsp3) is 0.417. The third-order valence-electron chi connectivity index (χ3n) is 3.04. The maximum atomic E-state index is 12.6. The van der Waals surface area contributed by atoms with Gasteiger partial charge in [0.1, 0.15) is 12.6 Å². The molecule has 2 N–H and O–H groups in total. The fourth-order valence-corrected chi connectivity index (χ4v) is 2.17. The minimum atomic E-state index is -1.24. The van der Waals surface area contributed by atoms with Gasteiger partial charge in [-0.05, 0) is 0 Å². The monoisotopic (exact) mass is 283 g/mol. The maximum absolute atomic E-state index is 12.6. The minimum Gasteiger partial charge on any atom is -0.457 e. The first-order chi connectivity index (χ1) is 9.51. The molecule has 20 heavy (non-hydrogen) atoms. The summed E-state index contributed by atoms with van der Waals surface area (Å²) in [5.74, 6) is -2.23. The standard InChI is InChI=1S/C12H14FN3O4/c1-2-3-20-12(19)10-7(9(17)4-13)5-15-6-8(14)11(18)16(10)15/h2,8H,1,3-6,14H2. The molecule has 0 aliphatic carbocycles. The number of nitrogens with two attached hydrogens (primary N) is 1. The predicted molar refractivity (Wildman–Crippen MR) is 65.6 cm³/mol. The smallest absolute Gasteiger partial charge is 0.357 e. The summed E-state index contributed by atoms with van der Waals surface area (Å²) in [6.07, 6.45) is 1.35. The Morgan fingerprint density at radius 2 is 2.25 bits per heavy atom. The van der Waals surface area contributed by atoms with Crippen LogP contribution in [-0.4, -0.2) is 60.1 Å². The zero-order chi connectivity index (χ0) is 14.9. The van der Waals surface area contributed by atoms with Crippen LogP contribution in [0.15, 0.2) is 23.9 Å². The van der Waals surface area contributed by atoms with Crippen molar-refractivity contribution in [3.05, 3.63) is 23.9 Å².